The van der Waals surface area contributed by atoms with Crippen molar-refractivity contribution in [3.63, 3.8) is 0 Å². The van der Waals surface area contributed by atoms with E-state index in [0.717, 1.165) is 0 Å². The lowest BCUT2D eigenvalue weighted by molar-refractivity contribution is -0.700. The molecule has 0 amide bonds. The highest BCUT2D eigenvalue weighted by atomic mass is 127. The zero-order valence-corrected chi connectivity index (χ0v) is 13.9. The van der Waals surface area contributed by atoms with Crippen LogP contribution in [0.15, 0.2) is 24.4 Å². The smallest absolute Gasteiger partial charge is 0.346 e. The van der Waals surface area contributed by atoms with Gasteiger partial charge in [-0.1, -0.05) is 6.07 Å². The zero-order valence-electron chi connectivity index (χ0n) is 10.0. The highest BCUT2D eigenvalue weighted by Crippen LogP contribution is 2.45. The Morgan fingerprint density at radius 2 is 1.95 bits per heavy atom. The minimum absolute atomic E-state index is 0. The van der Waals surface area contributed by atoms with Gasteiger partial charge in [-0.2, -0.15) is 8.42 Å². The molecule has 1 aromatic rings. The van der Waals surface area contributed by atoms with Gasteiger partial charge in [0.1, 0.15) is 6.54 Å². The van der Waals surface area contributed by atoms with Crippen molar-refractivity contribution in [2.45, 2.75) is 24.9 Å². The molecule has 0 radical (unpaired) electrons. The van der Waals surface area contributed by atoms with Gasteiger partial charge in [0.25, 0.3) is 10.1 Å². The molecular weight excluding hydrogens is 408 g/mol. The Morgan fingerprint density at radius 3 is 2.37 bits per heavy atom. The maximum atomic E-state index is 11.1. The zero-order chi connectivity index (χ0) is 14.0. The molecule has 0 aromatic carbocycles. The first kappa shape index (κ1) is 18.9. The normalized spacial score (nSPS) is 13.7. The lowest BCUT2D eigenvalue weighted by atomic mass is 10.3. The summed E-state index contributed by atoms with van der Waals surface area (Å²) in [5, 5.41) is 0. The first-order chi connectivity index (χ1) is 8.16. The summed E-state index contributed by atoms with van der Waals surface area (Å²) in [6.45, 7) is 2.33. The Hall–Kier alpha value is -0.0600. The second-order valence-corrected chi connectivity index (χ2v) is 7.49. The summed E-state index contributed by atoms with van der Waals surface area (Å²) in [7, 11) is -9.77. The Kier molecular flexibility index (Phi) is 7.07. The summed E-state index contributed by atoms with van der Waals surface area (Å²) in [5.41, 5.74) is 0.422. The molecule has 1 aromatic heterocycles. The van der Waals surface area contributed by atoms with Gasteiger partial charge >= 0.3 is 7.60 Å². The number of pyridine rings is 1. The van der Waals surface area contributed by atoms with E-state index in [9.17, 15) is 13.0 Å². The number of rotatable bonds is 5. The number of aryl methyl sites for hydroxylation is 1. The molecule has 0 saturated heterocycles. The van der Waals surface area contributed by atoms with E-state index in [-0.39, 0.29) is 24.0 Å². The van der Waals surface area contributed by atoms with Gasteiger partial charge in [0.05, 0.1) is 6.42 Å². The SMILES string of the molecule is CC[n+]1ccccc1CC(P(=O)(O)O)S(=O)(=O)O.[I-]. The Labute approximate surface area is 128 Å². The Morgan fingerprint density at radius 1 is 1.37 bits per heavy atom. The van der Waals surface area contributed by atoms with Crippen molar-refractivity contribution < 1.29 is 55.9 Å². The largest absolute Gasteiger partial charge is 1.00 e. The van der Waals surface area contributed by atoms with Crippen LogP contribution in [0.25, 0.3) is 0 Å². The van der Waals surface area contributed by atoms with Crippen LogP contribution in [0.4, 0.5) is 0 Å². The maximum Gasteiger partial charge on any atom is 0.346 e. The van der Waals surface area contributed by atoms with E-state index in [1.54, 1.807) is 29.0 Å². The summed E-state index contributed by atoms with van der Waals surface area (Å²) in [4.78, 5) is 15.9. The van der Waals surface area contributed by atoms with Crippen LogP contribution in [0.5, 0.6) is 0 Å². The second-order valence-electron chi connectivity index (χ2n) is 3.74. The summed E-state index contributed by atoms with van der Waals surface area (Å²) in [5.74, 6) is 0. The van der Waals surface area contributed by atoms with Crippen LogP contribution in [-0.2, 0) is 27.6 Å². The van der Waals surface area contributed by atoms with Crippen molar-refractivity contribution in [2.75, 3.05) is 0 Å². The molecule has 0 spiro atoms. The van der Waals surface area contributed by atoms with Gasteiger partial charge < -0.3 is 33.8 Å². The molecule has 1 atom stereocenters. The summed E-state index contributed by atoms with van der Waals surface area (Å²) in [6.07, 6.45) is 1.22. The van der Waals surface area contributed by atoms with Crippen LogP contribution >= 0.6 is 7.60 Å². The number of nitrogens with zero attached hydrogens (tertiary/aromatic N) is 1. The number of halogens is 1. The molecule has 0 fully saturated rings. The van der Waals surface area contributed by atoms with Gasteiger partial charge in [0, 0.05) is 12.1 Å². The molecule has 10 heteroatoms. The van der Waals surface area contributed by atoms with Crippen LogP contribution < -0.4 is 28.5 Å². The van der Waals surface area contributed by atoms with Crippen LogP contribution in [-0.4, -0.2) is 27.7 Å². The van der Waals surface area contributed by atoms with Crippen molar-refractivity contribution in [3.8, 4) is 0 Å². The molecule has 1 heterocycles. The summed E-state index contributed by atoms with van der Waals surface area (Å²) >= 11 is 0. The number of aromatic nitrogens is 1. The number of hydrogen-bond acceptors (Lipinski definition) is 3. The van der Waals surface area contributed by atoms with Crippen LogP contribution in [0.1, 0.15) is 12.6 Å². The van der Waals surface area contributed by atoms with Crippen molar-refractivity contribution in [3.05, 3.63) is 30.1 Å². The van der Waals surface area contributed by atoms with Gasteiger partial charge in [-0.25, -0.2) is 4.57 Å². The van der Waals surface area contributed by atoms with E-state index < -0.39 is 29.1 Å². The fourth-order valence-corrected chi connectivity index (χ4v) is 3.78. The number of hydrogen-bond donors (Lipinski definition) is 3. The Bertz CT molecular complexity index is 572. The van der Waals surface area contributed by atoms with E-state index in [1.165, 1.54) is 0 Å². The third-order valence-corrected chi connectivity index (χ3v) is 5.89. The minimum atomic E-state index is -4.94. The average molecular weight is 423 g/mol. The van der Waals surface area contributed by atoms with E-state index in [4.69, 9.17) is 14.3 Å². The fraction of sp³-hybridized carbons (Fsp3) is 0.444. The second kappa shape index (κ2) is 7.09. The lowest BCUT2D eigenvalue weighted by Crippen LogP contribution is -3.00. The predicted molar refractivity (Wildman–Crippen MR) is 63.4 cm³/mol. The molecule has 19 heavy (non-hydrogen) atoms. The quantitative estimate of drug-likeness (QED) is 0.201. The third-order valence-electron chi connectivity index (χ3n) is 2.48. The van der Waals surface area contributed by atoms with Crippen LogP contribution in [0, 0.1) is 0 Å². The standard InChI is InChI=1S/C9H14NO6PS.HI/c1-2-10-6-4-3-5-8(10)7-9(17(11,12)13)18(14,15)16;/h3-6,9H,2,7H2,1H3,(H2-,11,12,13,14,15,16);1H. The van der Waals surface area contributed by atoms with E-state index in [0.29, 0.717) is 12.2 Å². The molecule has 1 unspecified atom stereocenters. The molecule has 0 aliphatic rings. The average Bonchev–Trinajstić information content (AvgIpc) is 2.23. The molecule has 0 aliphatic heterocycles. The van der Waals surface area contributed by atoms with E-state index in [1.807, 2.05) is 6.92 Å². The fourth-order valence-electron chi connectivity index (χ4n) is 1.58. The van der Waals surface area contributed by atoms with Gasteiger partial charge in [-0.05, 0) is 6.92 Å². The lowest BCUT2D eigenvalue weighted by Gasteiger charge is -2.14. The summed E-state index contributed by atoms with van der Waals surface area (Å²) < 4.78 is 43.8. The van der Waals surface area contributed by atoms with Crippen molar-refractivity contribution in [1.82, 2.24) is 0 Å². The third kappa shape index (κ3) is 5.44. The molecule has 0 aliphatic carbocycles. The first-order valence-corrected chi connectivity index (χ1v) is 8.33. The van der Waals surface area contributed by atoms with Crippen molar-refractivity contribution in [1.29, 1.82) is 0 Å². The van der Waals surface area contributed by atoms with Crippen LogP contribution in [0.3, 0.4) is 0 Å². The molecule has 0 saturated carbocycles. The van der Waals surface area contributed by atoms with Gasteiger partial charge in [0.15, 0.2) is 16.9 Å². The molecular formula is C9H15INO6PS. The summed E-state index contributed by atoms with van der Waals surface area (Å²) in [6, 6.07) is 4.90. The Balaban J connectivity index is 0.00000324. The van der Waals surface area contributed by atoms with E-state index in [2.05, 4.69) is 0 Å². The van der Waals surface area contributed by atoms with Gasteiger partial charge in [-0.3, -0.25) is 9.12 Å². The molecule has 7 nitrogen and oxygen atoms in total. The molecule has 1 rings (SSSR count). The molecule has 110 valence electrons. The first-order valence-electron chi connectivity index (χ1n) is 5.15. The molecule has 0 bridgehead atoms. The topological polar surface area (TPSA) is 116 Å². The van der Waals surface area contributed by atoms with Crippen molar-refractivity contribution in [2.24, 2.45) is 0 Å². The maximum absolute atomic E-state index is 11.1. The monoisotopic (exact) mass is 423 g/mol. The van der Waals surface area contributed by atoms with E-state index >= 15 is 0 Å². The highest BCUT2D eigenvalue weighted by molar-refractivity contribution is 7.93. The van der Waals surface area contributed by atoms with Gasteiger partial charge in [-0.15, -0.1) is 0 Å². The van der Waals surface area contributed by atoms with Gasteiger partial charge in [0.2, 0.25) is 0 Å². The minimum Gasteiger partial charge on any atom is -1.00 e. The molecule has 3 N–H and O–H groups in total. The highest BCUT2D eigenvalue weighted by Gasteiger charge is 2.41. The predicted octanol–water partition coefficient (Wildman–Crippen LogP) is -3.07. The van der Waals surface area contributed by atoms with Crippen molar-refractivity contribution >= 4 is 17.7 Å². The van der Waals surface area contributed by atoms with Crippen LogP contribution in [0.2, 0.25) is 0 Å².